The smallest absolute Gasteiger partial charge is 0.234 e. The third-order valence-electron chi connectivity index (χ3n) is 4.30. The van der Waals surface area contributed by atoms with Crippen molar-refractivity contribution in [2.75, 3.05) is 19.1 Å². The number of hydrogen-bond acceptors (Lipinski definition) is 4. The highest BCUT2D eigenvalue weighted by atomic mass is 35.5. The molecule has 0 radical (unpaired) electrons. The Kier molecular flexibility index (Phi) is 4.95. The first-order valence-corrected chi connectivity index (χ1v) is 8.24. The van der Waals surface area contributed by atoms with Crippen molar-refractivity contribution in [2.24, 2.45) is 0 Å². The molecular weight excluding hydrogens is 342 g/mol. The number of amides is 2. The number of rotatable bonds is 4. The lowest BCUT2D eigenvalue weighted by Crippen LogP contribution is -2.42. The largest absolute Gasteiger partial charge is 0.493 e. The molecule has 25 heavy (non-hydrogen) atoms. The predicted molar refractivity (Wildman–Crippen MR) is 95.5 cm³/mol. The minimum Gasteiger partial charge on any atom is -0.493 e. The molecule has 2 amide bonds. The van der Waals surface area contributed by atoms with E-state index in [2.05, 4.69) is 0 Å². The van der Waals surface area contributed by atoms with Crippen LogP contribution in [0.2, 0.25) is 5.02 Å². The van der Waals surface area contributed by atoms with Gasteiger partial charge in [0, 0.05) is 23.8 Å². The Hall–Kier alpha value is -2.53. The lowest BCUT2D eigenvalue weighted by molar-refractivity contribution is -0.129. The second kappa shape index (κ2) is 7.15. The van der Waals surface area contributed by atoms with Gasteiger partial charge in [-0.1, -0.05) is 17.7 Å². The number of imide groups is 1. The average Bonchev–Trinajstić information content (AvgIpc) is 2.62. The van der Waals surface area contributed by atoms with E-state index >= 15 is 0 Å². The first-order valence-electron chi connectivity index (χ1n) is 7.86. The molecule has 3 rings (SSSR count). The Balaban J connectivity index is 1.83. The summed E-state index contributed by atoms with van der Waals surface area (Å²) < 4.78 is 10.5. The van der Waals surface area contributed by atoms with Gasteiger partial charge in [-0.05, 0) is 42.0 Å². The zero-order chi connectivity index (χ0) is 18.0. The van der Waals surface area contributed by atoms with Gasteiger partial charge in [0.05, 0.1) is 19.9 Å². The van der Waals surface area contributed by atoms with Gasteiger partial charge in [0.15, 0.2) is 11.5 Å². The number of halogens is 1. The summed E-state index contributed by atoms with van der Waals surface area (Å²) in [4.78, 5) is 26.4. The normalized spacial score (nSPS) is 15.4. The fourth-order valence-electron chi connectivity index (χ4n) is 3.04. The minimum absolute atomic E-state index is 0.177. The highest BCUT2D eigenvalue weighted by molar-refractivity contribution is 6.30. The quantitative estimate of drug-likeness (QED) is 0.779. The standard InChI is InChI=1S/C19H18ClNO4/c1-24-16-8-3-12(9-17(16)25-2)13-10-18(22)21(19(23)11-13)15-6-4-14(20)5-7-15/h3-9,13H,10-11H2,1-2H3. The number of benzene rings is 2. The first kappa shape index (κ1) is 17.3. The summed E-state index contributed by atoms with van der Waals surface area (Å²) in [7, 11) is 3.12. The molecule has 6 heteroatoms. The van der Waals surface area contributed by atoms with E-state index in [1.165, 1.54) is 4.90 Å². The van der Waals surface area contributed by atoms with Crippen molar-refractivity contribution in [1.29, 1.82) is 0 Å². The molecule has 0 spiro atoms. The molecule has 130 valence electrons. The molecule has 1 aliphatic rings. The Bertz CT molecular complexity index is 786. The van der Waals surface area contributed by atoms with Gasteiger partial charge in [0.1, 0.15) is 0 Å². The lowest BCUT2D eigenvalue weighted by atomic mass is 9.88. The van der Waals surface area contributed by atoms with E-state index < -0.39 is 0 Å². The Morgan fingerprint density at radius 2 is 1.52 bits per heavy atom. The van der Waals surface area contributed by atoms with E-state index in [1.807, 2.05) is 12.1 Å². The number of carbonyl (C=O) groups excluding carboxylic acids is 2. The Morgan fingerprint density at radius 1 is 0.920 bits per heavy atom. The molecule has 0 unspecified atom stereocenters. The van der Waals surface area contributed by atoms with Crippen molar-refractivity contribution in [1.82, 2.24) is 0 Å². The molecule has 2 aromatic carbocycles. The van der Waals surface area contributed by atoms with Crippen LogP contribution in [0.4, 0.5) is 5.69 Å². The zero-order valence-electron chi connectivity index (χ0n) is 14.0. The van der Waals surface area contributed by atoms with E-state index in [4.69, 9.17) is 21.1 Å². The highest BCUT2D eigenvalue weighted by Gasteiger charge is 2.34. The van der Waals surface area contributed by atoms with Crippen molar-refractivity contribution < 1.29 is 19.1 Å². The van der Waals surface area contributed by atoms with Gasteiger partial charge in [0.2, 0.25) is 11.8 Å². The van der Waals surface area contributed by atoms with Gasteiger partial charge in [-0.2, -0.15) is 0 Å². The number of ether oxygens (including phenoxy) is 2. The van der Waals surface area contributed by atoms with Crippen molar-refractivity contribution in [3.8, 4) is 11.5 Å². The van der Waals surface area contributed by atoms with Crippen LogP contribution in [-0.2, 0) is 9.59 Å². The molecule has 1 heterocycles. The molecular formula is C19H18ClNO4. The molecule has 0 saturated carbocycles. The molecule has 1 saturated heterocycles. The van der Waals surface area contributed by atoms with Crippen molar-refractivity contribution in [2.45, 2.75) is 18.8 Å². The fourth-order valence-corrected chi connectivity index (χ4v) is 3.16. The van der Waals surface area contributed by atoms with E-state index in [0.29, 0.717) is 22.2 Å². The molecule has 0 atom stereocenters. The maximum atomic E-state index is 12.6. The van der Waals surface area contributed by atoms with Gasteiger partial charge in [-0.15, -0.1) is 0 Å². The van der Waals surface area contributed by atoms with Crippen LogP contribution in [0.25, 0.3) is 0 Å². The molecule has 1 aliphatic heterocycles. The van der Waals surface area contributed by atoms with Gasteiger partial charge in [-0.3, -0.25) is 14.5 Å². The van der Waals surface area contributed by atoms with E-state index in [0.717, 1.165) is 5.56 Å². The number of methoxy groups -OCH3 is 2. The molecule has 5 nitrogen and oxygen atoms in total. The topological polar surface area (TPSA) is 55.8 Å². The number of anilines is 1. The lowest BCUT2D eigenvalue weighted by Gasteiger charge is -2.30. The van der Waals surface area contributed by atoms with Crippen molar-refractivity contribution >= 4 is 29.1 Å². The van der Waals surface area contributed by atoms with Crippen LogP contribution in [0.15, 0.2) is 42.5 Å². The summed E-state index contributed by atoms with van der Waals surface area (Å²) in [6.45, 7) is 0. The van der Waals surface area contributed by atoms with Crippen LogP contribution < -0.4 is 14.4 Å². The van der Waals surface area contributed by atoms with Gasteiger partial charge < -0.3 is 9.47 Å². The molecule has 0 aliphatic carbocycles. The van der Waals surface area contributed by atoms with E-state index in [1.54, 1.807) is 44.6 Å². The van der Waals surface area contributed by atoms with Crippen molar-refractivity contribution in [3.63, 3.8) is 0 Å². The van der Waals surface area contributed by atoms with Crippen LogP contribution in [0.5, 0.6) is 11.5 Å². The number of nitrogens with zero attached hydrogens (tertiary/aromatic N) is 1. The molecule has 0 N–H and O–H groups in total. The summed E-state index contributed by atoms with van der Waals surface area (Å²) >= 11 is 5.87. The zero-order valence-corrected chi connectivity index (χ0v) is 14.7. The third-order valence-corrected chi connectivity index (χ3v) is 4.56. The van der Waals surface area contributed by atoms with Crippen LogP contribution in [0.1, 0.15) is 24.3 Å². The third kappa shape index (κ3) is 3.46. The summed E-state index contributed by atoms with van der Waals surface area (Å²) in [5.41, 5.74) is 1.43. The summed E-state index contributed by atoms with van der Waals surface area (Å²) in [6.07, 6.45) is 0.508. The van der Waals surface area contributed by atoms with E-state index in [-0.39, 0.29) is 30.6 Å². The maximum absolute atomic E-state index is 12.6. The van der Waals surface area contributed by atoms with Crippen LogP contribution in [0.3, 0.4) is 0 Å². The second-order valence-electron chi connectivity index (χ2n) is 5.82. The molecule has 0 bridgehead atoms. The number of carbonyl (C=O) groups is 2. The Labute approximate surface area is 151 Å². The molecule has 2 aromatic rings. The van der Waals surface area contributed by atoms with Gasteiger partial charge >= 0.3 is 0 Å². The van der Waals surface area contributed by atoms with Crippen LogP contribution in [-0.4, -0.2) is 26.0 Å². The fraction of sp³-hybridized carbons (Fsp3) is 0.263. The highest BCUT2D eigenvalue weighted by Crippen LogP contribution is 2.36. The molecule has 0 aromatic heterocycles. The van der Waals surface area contributed by atoms with Gasteiger partial charge in [0.25, 0.3) is 0 Å². The predicted octanol–water partition coefficient (Wildman–Crippen LogP) is 3.79. The molecule has 1 fully saturated rings. The Morgan fingerprint density at radius 3 is 2.08 bits per heavy atom. The number of hydrogen-bond donors (Lipinski definition) is 0. The van der Waals surface area contributed by atoms with Gasteiger partial charge in [-0.25, -0.2) is 0 Å². The van der Waals surface area contributed by atoms with E-state index in [9.17, 15) is 9.59 Å². The summed E-state index contributed by atoms with van der Waals surface area (Å²) in [5.74, 6) is 0.572. The maximum Gasteiger partial charge on any atom is 0.234 e. The average molecular weight is 360 g/mol. The monoisotopic (exact) mass is 359 g/mol. The number of piperidine rings is 1. The summed E-state index contributed by atoms with van der Waals surface area (Å²) in [6, 6.07) is 12.2. The van der Waals surface area contributed by atoms with Crippen LogP contribution >= 0.6 is 11.6 Å². The van der Waals surface area contributed by atoms with Crippen LogP contribution in [0, 0.1) is 0 Å². The first-order chi connectivity index (χ1) is 12.0. The second-order valence-corrected chi connectivity index (χ2v) is 6.26. The van der Waals surface area contributed by atoms with Crippen molar-refractivity contribution in [3.05, 3.63) is 53.1 Å². The SMILES string of the molecule is COc1ccc(C2CC(=O)N(c3ccc(Cl)cc3)C(=O)C2)cc1OC. The summed E-state index contributed by atoms with van der Waals surface area (Å²) in [5, 5.41) is 0.559. The minimum atomic E-state index is -0.224.